The normalized spacial score (nSPS) is 26.4. The lowest BCUT2D eigenvalue weighted by atomic mass is 9.77. The van der Waals surface area contributed by atoms with Gasteiger partial charge < -0.3 is 19.7 Å². The molecule has 0 aromatic heterocycles. The Labute approximate surface area is 307 Å². The molecule has 2 N–H and O–H groups in total. The van der Waals surface area contributed by atoms with Crippen molar-refractivity contribution in [3.05, 3.63) is 117 Å². The van der Waals surface area contributed by atoms with Gasteiger partial charge in [-0.25, -0.2) is 17.6 Å². The molecule has 4 aliphatic carbocycles. The number of ether oxygens (including phenoxy) is 2. The highest BCUT2D eigenvalue weighted by atomic mass is 19.3. The summed E-state index contributed by atoms with van der Waals surface area (Å²) in [4.78, 5) is 0. The zero-order valence-corrected chi connectivity index (χ0v) is 27.9. The van der Waals surface area contributed by atoms with Crippen molar-refractivity contribution in [2.24, 2.45) is 0 Å². The molecule has 56 heavy (non-hydrogen) atoms. The zero-order valence-electron chi connectivity index (χ0n) is 27.9. The molecule has 8 rings (SSSR count). The van der Waals surface area contributed by atoms with Crippen molar-refractivity contribution in [1.82, 2.24) is 0 Å². The van der Waals surface area contributed by atoms with Crippen molar-refractivity contribution in [3.63, 3.8) is 0 Å². The van der Waals surface area contributed by atoms with Gasteiger partial charge in [-0.3, -0.25) is 0 Å². The smallest absolute Gasteiger partial charge is 0.346 e. The van der Waals surface area contributed by atoms with E-state index in [9.17, 15) is 62.9 Å². The summed E-state index contributed by atoms with van der Waals surface area (Å²) in [7, 11) is 0. The first-order valence-electron chi connectivity index (χ1n) is 16.4. The SMILES string of the molecule is N#Cc1cc(F)cc(Oc2ccc3c4c2[C@@H](F)CC[C@]4(O)C(F)(F)C3(F)F)c1.N#Cc1cc(F)cc(Oc2ccc3c4c2[C@H](F)CC[C@@]4(O)C(F)(F)C3(F)F)c1. The van der Waals surface area contributed by atoms with Gasteiger partial charge in [0.25, 0.3) is 0 Å². The van der Waals surface area contributed by atoms with Gasteiger partial charge in [0.15, 0.2) is 11.2 Å². The molecule has 0 aliphatic heterocycles. The standard InChI is InChI=1S/2C19H11F6NO2/c2*20-10-5-9(8-26)6-11(7-10)28-14-2-1-12-16-15(14)13(21)3-4-17(16,27)19(24,25)18(12,22)23/h2*1-2,5-7,13,27H,3-4H2/t2*13-,17+/m10/s1. The molecule has 0 bridgehead atoms. The number of hydrogen-bond donors (Lipinski definition) is 2. The van der Waals surface area contributed by atoms with Gasteiger partial charge in [-0.1, -0.05) is 0 Å². The van der Waals surface area contributed by atoms with Crippen LogP contribution in [0.1, 0.15) is 82.5 Å². The molecular weight excluding hydrogens is 776 g/mol. The number of nitrogens with zero attached hydrogens (tertiary/aromatic N) is 2. The van der Waals surface area contributed by atoms with Gasteiger partial charge in [-0.15, -0.1) is 0 Å². The number of alkyl halides is 10. The Kier molecular flexibility index (Phi) is 8.68. The van der Waals surface area contributed by atoms with E-state index in [1.165, 1.54) is 0 Å². The molecule has 4 aromatic rings. The highest BCUT2D eigenvalue weighted by Gasteiger charge is 2.78. The topological polar surface area (TPSA) is 106 Å². The predicted octanol–water partition coefficient (Wildman–Crippen LogP) is 10.4. The Morgan fingerprint density at radius 3 is 1.27 bits per heavy atom. The Bertz CT molecular complexity index is 2230. The van der Waals surface area contributed by atoms with Crippen molar-refractivity contribution in [2.75, 3.05) is 0 Å². The maximum Gasteiger partial charge on any atom is 0.346 e. The van der Waals surface area contributed by atoms with Crippen molar-refractivity contribution in [3.8, 4) is 35.1 Å². The minimum absolute atomic E-state index is 0.115. The second-order valence-corrected chi connectivity index (χ2v) is 13.6. The zero-order chi connectivity index (χ0) is 41.0. The lowest BCUT2D eigenvalue weighted by Gasteiger charge is -2.37. The molecule has 0 spiro atoms. The van der Waals surface area contributed by atoms with Crippen LogP contribution in [0.2, 0.25) is 0 Å². The van der Waals surface area contributed by atoms with Crippen LogP contribution in [-0.4, -0.2) is 22.1 Å². The van der Waals surface area contributed by atoms with E-state index in [4.69, 9.17) is 20.0 Å². The summed E-state index contributed by atoms with van der Waals surface area (Å²) in [5.74, 6) is -22.0. The second kappa shape index (κ2) is 12.5. The molecule has 0 amide bonds. The highest BCUT2D eigenvalue weighted by molar-refractivity contribution is 5.60. The molecule has 4 aromatic carbocycles. The van der Waals surface area contributed by atoms with E-state index in [1.807, 2.05) is 0 Å². The fourth-order valence-electron chi connectivity index (χ4n) is 7.74. The number of benzene rings is 4. The Morgan fingerprint density at radius 1 is 0.571 bits per heavy atom. The van der Waals surface area contributed by atoms with Crippen LogP contribution in [0.25, 0.3) is 0 Å². The summed E-state index contributed by atoms with van der Waals surface area (Å²) in [5, 5.41) is 38.6. The Balaban J connectivity index is 0.000000172. The third-order valence-corrected chi connectivity index (χ3v) is 10.3. The largest absolute Gasteiger partial charge is 0.457 e. The number of rotatable bonds is 4. The Morgan fingerprint density at radius 2 is 0.929 bits per heavy atom. The van der Waals surface area contributed by atoms with Crippen LogP contribution in [0.3, 0.4) is 0 Å². The minimum Gasteiger partial charge on any atom is -0.457 e. The summed E-state index contributed by atoms with van der Waals surface area (Å²) in [6.07, 6.45) is -6.92. The van der Waals surface area contributed by atoms with Crippen molar-refractivity contribution >= 4 is 0 Å². The van der Waals surface area contributed by atoms with Gasteiger partial charge in [0.1, 0.15) is 47.0 Å². The number of hydrogen-bond acceptors (Lipinski definition) is 6. The molecule has 4 atom stereocenters. The van der Waals surface area contributed by atoms with Crippen LogP contribution in [0.15, 0.2) is 60.7 Å². The molecule has 0 unspecified atom stereocenters. The van der Waals surface area contributed by atoms with Gasteiger partial charge in [0.2, 0.25) is 0 Å². The lowest BCUT2D eigenvalue weighted by molar-refractivity contribution is -0.289. The summed E-state index contributed by atoms with van der Waals surface area (Å²) in [6.45, 7) is 0. The van der Waals surface area contributed by atoms with Gasteiger partial charge in [-0.05, 0) is 74.2 Å². The first-order valence-corrected chi connectivity index (χ1v) is 16.4. The number of aliphatic hydroxyl groups is 2. The quantitative estimate of drug-likeness (QED) is 0.199. The molecule has 0 radical (unpaired) electrons. The molecule has 0 fully saturated rings. The van der Waals surface area contributed by atoms with Crippen molar-refractivity contribution in [1.29, 1.82) is 10.5 Å². The average molecular weight is 799 g/mol. The lowest BCUT2D eigenvalue weighted by Crippen LogP contribution is -2.50. The van der Waals surface area contributed by atoms with Crippen LogP contribution in [-0.2, 0) is 23.0 Å². The maximum absolute atomic E-state index is 14.6. The van der Waals surface area contributed by atoms with Gasteiger partial charge >= 0.3 is 23.7 Å². The van der Waals surface area contributed by atoms with Crippen LogP contribution >= 0.6 is 0 Å². The van der Waals surface area contributed by atoms with Crippen LogP contribution in [0.4, 0.5) is 52.7 Å². The van der Waals surface area contributed by atoms with Gasteiger partial charge in [0.05, 0.1) is 23.3 Å². The average Bonchev–Trinajstić information content (AvgIpc) is 3.33. The molecule has 6 nitrogen and oxygen atoms in total. The number of nitriles is 2. The van der Waals surface area contributed by atoms with Crippen molar-refractivity contribution in [2.45, 2.75) is 72.9 Å². The molecular formula is C38H22F12N2O4. The van der Waals surface area contributed by atoms with Gasteiger partial charge in [-0.2, -0.15) is 45.6 Å². The van der Waals surface area contributed by atoms with E-state index in [-0.39, 0.29) is 22.6 Å². The molecule has 4 aliphatic rings. The molecule has 0 saturated carbocycles. The first kappa shape index (κ1) is 38.8. The van der Waals surface area contributed by atoms with E-state index in [0.717, 1.165) is 48.5 Å². The summed E-state index contributed by atoms with van der Waals surface area (Å²) >= 11 is 0. The third kappa shape index (κ3) is 5.25. The van der Waals surface area contributed by atoms with Crippen LogP contribution < -0.4 is 9.47 Å². The van der Waals surface area contributed by atoms with E-state index in [2.05, 4.69) is 0 Å². The number of halogens is 12. The second-order valence-electron chi connectivity index (χ2n) is 13.6. The fourth-order valence-corrected chi connectivity index (χ4v) is 7.74. The predicted molar refractivity (Wildman–Crippen MR) is 167 cm³/mol. The van der Waals surface area contributed by atoms with E-state index in [1.54, 1.807) is 12.1 Å². The monoisotopic (exact) mass is 798 g/mol. The van der Waals surface area contributed by atoms with E-state index in [0.29, 0.717) is 12.1 Å². The summed E-state index contributed by atoms with van der Waals surface area (Å²) < 4.78 is 182. The van der Waals surface area contributed by atoms with E-state index < -0.39 is 129 Å². The highest BCUT2D eigenvalue weighted by Crippen LogP contribution is 2.68. The van der Waals surface area contributed by atoms with E-state index >= 15 is 0 Å². The Hall–Kier alpha value is -5.46. The van der Waals surface area contributed by atoms with Crippen LogP contribution in [0.5, 0.6) is 23.0 Å². The molecule has 18 heteroatoms. The third-order valence-electron chi connectivity index (χ3n) is 10.3. The fraction of sp³-hybridized carbons (Fsp3) is 0.316. The molecule has 0 saturated heterocycles. The van der Waals surface area contributed by atoms with Gasteiger partial charge in [0, 0.05) is 45.5 Å². The first-order chi connectivity index (χ1) is 26.1. The van der Waals surface area contributed by atoms with Crippen molar-refractivity contribution < 1.29 is 72.4 Å². The molecule has 0 heterocycles. The molecule has 292 valence electrons. The minimum atomic E-state index is -4.83. The maximum atomic E-state index is 14.6. The summed E-state index contributed by atoms with van der Waals surface area (Å²) in [5.41, 5.74) is -12.1. The summed E-state index contributed by atoms with van der Waals surface area (Å²) in [6, 6.07) is 12.2. The van der Waals surface area contributed by atoms with Crippen LogP contribution in [0, 0.1) is 34.3 Å².